The van der Waals surface area contributed by atoms with E-state index >= 15 is 0 Å². The Labute approximate surface area is 151 Å². The van der Waals surface area contributed by atoms with Crippen LogP contribution < -0.4 is 10.6 Å². The van der Waals surface area contributed by atoms with E-state index in [1.807, 2.05) is 13.0 Å². The minimum absolute atomic E-state index is 0.109. The van der Waals surface area contributed by atoms with Gasteiger partial charge in [0, 0.05) is 16.7 Å². The summed E-state index contributed by atoms with van der Waals surface area (Å²) in [7, 11) is 0. The molecular weight excluding hydrogens is 340 g/mol. The predicted octanol–water partition coefficient (Wildman–Crippen LogP) is 3.81. The van der Waals surface area contributed by atoms with Gasteiger partial charge in [-0.25, -0.2) is 4.79 Å². The molecule has 0 saturated heterocycles. The number of rotatable bonds is 3. The van der Waals surface area contributed by atoms with Crippen molar-refractivity contribution in [2.45, 2.75) is 27.7 Å². The maximum Gasteiger partial charge on any atom is 0.371 e. The molecule has 1 amide bonds. The van der Waals surface area contributed by atoms with Gasteiger partial charge < -0.3 is 20.2 Å². The quantitative estimate of drug-likeness (QED) is 0.721. The molecule has 2 aromatic rings. The number of furan rings is 1. The van der Waals surface area contributed by atoms with E-state index in [4.69, 9.17) is 21.7 Å². The fourth-order valence-electron chi connectivity index (χ4n) is 2.07. The number of aryl methyl sites for hydroxylation is 1. The second kappa shape index (κ2) is 7.06. The van der Waals surface area contributed by atoms with Crippen molar-refractivity contribution < 1.29 is 19.1 Å². The Morgan fingerprint density at radius 3 is 2.36 bits per heavy atom. The molecule has 0 aliphatic rings. The van der Waals surface area contributed by atoms with Gasteiger partial charge in [0.15, 0.2) is 5.11 Å². The number of amides is 1. The summed E-state index contributed by atoms with van der Waals surface area (Å²) in [5.41, 5.74) is 1.83. The molecule has 1 heterocycles. The number of carboxylic acids is 1. The van der Waals surface area contributed by atoms with Crippen LogP contribution in [-0.4, -0.2) is 22.1 Å². The summed E-state index contributed by atoms with van der Waals surface area (Å²) in [6.07, 6.45) is 0. The van der Waals surface area contributed by atoms with E-state index in [1.165, 1.54) is 6.07 Å². The van der Waals surface area contributed by atoms with Crippen molar-refractivity contribution >= 4 is 34.9 Å². The Morgan fingerprint density at radius 1 is 1.16 bits per heavy atom. The zero-order chi connectivity index (χ0) is 18.8. The van der Waals surface area contributed by atoms with Crippen LogP contribution in [-0.2, 0) is 4.79 Å². The molecule has 0 bridgehead atoms. The average molecular weight is 360 g/mol. The highest BCUT2D eigenvalue weighted by Crippen LogP contribution is 2.27. The molecule has 3 N–H and O–H groups in total. The standard InChI is InChI=1S/C18H20N2O4S/c1-10-9-11(19-17(25)20-16(23)18(2,3)4)5-6-12(10)13-7-8-14(24-13)15(21)22/h5-9H,1-4H3,(H,21,22)(H2,19,20,23,25). The number of carbonyl (C=O) groups is 2. The van der Waals surface area contributed by atoms with Crippen molar-refractivity contribution in [3.05, 3.63) is 41.7 Å². The number of benzene rings is 1. The summed E-state index contributed by atoms with van der Waals surface area (Å²) < 4.78 is 5.32. The maximum atomic E-state index is 11.9. The summed E-state index contributed by atoms with van der Waals surface area (Å²) in [5.74, 6) is -0.912. The van der Waals surface area contributed by atoms with E-state index in [-0.39, 0.29) is 16.8 Å². The van der Waals surface area contributed by atoms with Crippen LogP contribution >= 0.6 is 12.2 Å². The largest absolute Gasteiger partial charge is 0.475 e. The first-order chi connectivity index (χ1) is 11.6. The number of hydrogen-bond donors (Lipinski definition) is 3. The third kappa shape index (κ3) is 4.67. The van der Waals surface area contributed by atoms with E-state index < -0.39 is 11.4 Å². The minimum Gasteiger partial charge on any atom is -0.475 e. The van der Waals surface area contributed by atoms with Crippen molar-refractivity contribution in [3.8, 4) is 11.3 Å². The first-order valence-corrected chi connectivity index (χ1v) is 8.05. The van der Waals surface area contributed by atoms with Crippen LogP contribution in [0.2, 0.25) is 0 Å². The molecule has 132 valence electrons. The van der Waals surface area contributed by atoms with Gasteiger partial charge in [0.25, 0.3) is 0 Å². The van der Waals surface area contributed by atoms with E-state index in [1.54, 1.807) is 39.0 Å². The minimum atomic E-state index is -1.11. The molecule has 0 radical (unpaired) electrons. The fourth-order valence-corrected chi connectivity index (χ4v) is 2.28. The van der Waals surface area contributed by atoms with Gasteiger partial charge in [-0.15, -0.1) is 0 Å². The molecule has 0 unspecified atom stereocenters. The molecule has 7 heteroatoms. The highest BCUT2D eigenvalue weighted by Gasteiger charge is 2.22. The zero-order valence-electron chi connectivity index (χ0n) is 14.5. The Bertz CT molecular complexity index is 834. The number of anilines is 1. The molecule has 0 aliphatic carbocycles. The SMILES string of the molecule is Cc1cc(NC(=S)NC(=O)C(C)(C)C)ccc1-c1ccc(C(=O)O)o1. The van der Waals surface area contributed by atoms with Crippen LogP contribution in [0.4, 0.5) is 5.69 Å². The van der Waals surface area contributed by atoms with Crippen LogP contribution in [0.15, 0.2) is 34.7 Å². The molecule has 25 heavy (non-hydrogen) atoms. The lowest BCUT2D eigenvalue weighted by molar-refractivity contribution is -0.126. The van der Waals surface area contributed by atoms with Gasteiger partial charge >= 0.3 is 5.97 Å². The number of thiocarbonyl (C=S) groups is 1. The maximum absolute atomic E-state index is 11.9. The molecule has 0 spiro atoms. The number of nitrogens with one attached hydrogen (secondary N) is 2. The Hall–Kier alpha value is -2.67. The third-order valence-electron chi connectivity index (χ3n) is 3.47. The van der Waals surface area contributed by atoms with E-state index in [9.17, 15) is 9.59 Å². The summed E-state index contributed by atoms with van der Waals surface area (Å²) >= 11 is 5.16. The average Bonchev–Trinajstić information content (AvgIpc) is 2.96. The van der Waals surface area contributed by atoms with E-state index in [0.717, 1.165) is 11.1 Å². The van der Waals surface area contributed by atoms with Gasteiger partial charge in [-0.2, -0.15) is 0 Å². The number of hydrogen-bond acceptors (Lipinski definition) is 4. The molecule has 0 aliphatic heterocycles. The predicted molar refractivity (Wildman–Crippen MR) is 99.7 cm³/mol. The van der Waals surface area contributed by atoms with Gasteiger partial charge in [-0.3, -0.25) is 4.79 Å². The molecule has 6 nitrogen and oxygen atoms in total. The summed E-state index contributed by atoms with van der Waals surface area (Å²) in [6.45, 7) is 7.29. The first-order valence-electron chi connectivity index (χ1n) is 7.64. The van der Waals surface area contributed by atoms with Crippen molar-refractivity contribution in [3.63, 3.8) is 0 Å². The number of carbonyl (C=O) groups excluding carboxylic acids is 1. The Morgan fingerprint density at radius 2 is 1.84 bits per heavy atom. The van der Waals surface area contributed by atoms with Crippen molar-refractivity contribution in [2.24, 2.45) is 5.41 Å². The van der Waals surface area contributed by atoms with Crippen molar-refractivity contribution in [1.29, 1.82) is 0 Å². The molecular formula is C18H20N2O4S. The molecule has 0 saturated carbocycles. The topological polar surface area (TPSA) is 91.6 Å². The van der Waals surface area contributed by atoms with Crippen molar-refractivity contribution in [1.82, 2.24) is 5.32 Å². The van der Waals surface area contributed by atoms with Crippen LogP contribution in [0.3, 0.4) is 0 Å². The lowest BCUT2D eigenvalue weighted by Crippen LogP contribution is -2.41. The fraction of sp³-hybridized carbons (Fsp3) is 0.278. The van der Waals surface area contributed by atoms with Crippen LogP contribution in [0.25, 0.3) is 11.3 Å². The van der Waals surface area contributed by atoms with Crippen molar-refractivity contribution in [2.75, 3.05) is 5.32 Å². The molecule has 1 aromatic carbocycles. The van der Waals surface area contributed by atoms with Crippen LogP contribution in [0.1, 0.15) is 36.9 Å². The highest BCUT2D eigenvalue weighted by molar-refractivity contribution is 7.80. The smallest absolute Gasteiger partial charge is 0.371 e. The van der Waals surface area contributed by atoms with Crippen LogP contribution in [0.5, 0.6) is 0 Å². The molecule has 1 aromatic heterocycles. The second-order valence-corrected chi connectivity index (χ2v) is 7.07. The lowest BCUT2D eigenvalue weighted by atomic mass is 9.96. The molecule has 0 fully saturated rings. The normalized spacial score (nSPS) is 11.0. The van der Waals surface area contributed by atoms with Gasteiger partial charge in [0.2, 0.25) is 11.7 Å². The second-order valence-electron chi connectivity index (χ2n) is 6.66. The van der Waals surface area contributed by atoms with Gasteiger partial charge in [0.05, 0.1) is 0 Å². The van der Waals surface area contributed by atoms with Gasteiger partial charge in [-0.1, -0.05) is 20.8 Å². The summed E-state index contributed by atoms with van der Waals surface area (Å²) in [6, 6.07) is 8.46. The lowest BCUT2D eigenvalue weighted by Gasteiger charge is -2.18. The monoisotopic (exact) mass is 360 g/mol. The van der Waals surface area contributed by atoms with Crippen LogP contribution in [0, 0.1) is 12.3 Å². The third-order valence-corrected chi connectivity index (χ3v) is 3.68. The molecule has 0 atom stereocenters. The Balaban J connectivity index is 2.12. The first kappa shape index (κ1) is 18.7. The number of aromatic carboxylic acids is 1. The Kier molecular flexibility index (Phi) is 5.27. The van der Waals surface area contributed by atoms with Gasteiger partial charge in [0.1, 0.15) is 5.76 Å². The summed E-state index contributed by atoms with van der Waals surface area (Å²) in [4.78, 5) is 22.8. The van der Waals surface area contributed by atoms with E-state index in [2.05, 4.69) is 10.6 Å². The van der Waals surface area contributed by atoms with Gasteiger partial charge in [-0.05, 0) is 55.0 Å². The number of carboxylic acid groups (broad SMARTS) is 1. The highest BCUT2D eigenvalue weighted by atomic mass is 32.1. The van der Waals surface area contributed by atoms with E-state index in [0.29, 0.717) is 11.4 Å². The summed E-state index contributed by atoms with van der Waals surface area (Å²) in [5, 5.41) is 14.8. The molecule has 2 rings (SSSR count). The zero-order valence-corrected chi connectivity index (χ0v) is 15.3.